The number of aromatic nitrogens is 5. The van der Waals surface area contributed by atoms with Crippen molar-refractivity contribution in [2.45, 2.75) is 18.8 Å². The molecule has 0 saturated carbocycles. The van der Waals surface area contributed by atoms with E-state index in [2.05, 4.69) is 49.6 Å². The largest absolute Gasteiger partial charge is 0.493 e. The van der Waals surface area contributed by atoms with E-state index in [0.717, 1.165) is 24.1 Å². The van der Waals surface area contributed by atoms with Crippen LogP contribution in [-0.2, 0) is 13.5 Å². The molecule has 0 bridgehead atoms. The molecule has 0 aliphatic carbocycles. The molecule has 4 heterocycles. The number of primary amides is 1. The Balaban J connectivity index is 1.07. The van der Waals surface area contributed by atoms with Crippen LogP contribution in [0.2, 0.25) is 0 Å². The predicted molar refractivity (Wildman–Crippen MR) is 146 cm³/mol. The number of rotatable bonds is 10. The van der Waals surface area contributed by atoms with Crippen molar-refractivity contribution in [1.82, 2.24) is 24.7 Å². The number of ether oxygens (including phenoxy) is 1. The molecule has 0 radical (unpaired) electrons. The summed E-state index contributed by atoms with van der Waals surface area (Å²) in [5, 5.41) is 7.15. The van der Waals surface area contributed by atoms with E-state index in [-0.39, 0.29) is 11.6 Å². The highest BCUT2D eigenvalue weighted by Crippen LogP contribution is 2.33. The van der Waals surface area contributed by atoms with Gasteiger partial charge in [0.05, 0.1) is 30.4 Å². The fourth-order valence-corrected chi connectivity index (χ4v) is 4.54. The van der Waals surface area contributed by atoms with Crippen LogP contribution in [0.25, 0.3) is 11.1 Å². The fourth-order valence-electron chi connectivity index (χ4n) is 4.54. The van der Waals surface area contributed by atoms with Crippen LogP contribution in [-0.4, -0.2) is 50.3 Å². The first kappa shape index (κ1) is 24.4. The van der Waals surface area contributed by atoms with E-state index in [1.807, 2.05) is 29.2 Å². The Labute approximate surface area is 224 Å². The number of nitrogens with one attached hydrogen (secondary N) is 1. The molecule has 1 aliphatic rings. The fraction of sp³-hybridized carbons (Fsp3) is 0.250. The molecular weight excluding hydrogens is 496 g/mol. The molecule has 39 heavy (non-hydrogen) atoms. The standard InChI is InChI=1S/C28H28N8O3/c1-35-17-20(13-31-35)32-27-25(26(29)37)33-23(14-30-27)19-15-36(16-19)28-34-22-10-9-21(12-24(22)39-28)38-11-5-8-18-6-3-2-4-7-18/h2-4,6-7,9-10,12-14,17,19H,5,8,11,15-16H2,1H3,(H2,29,37)(H,30,32). The van der Waals surface area contributed by atoms with Crippen LogP contribution in [0.1, 0.15) is 34.1 Å². The van der Waals surface area contributed by atoms with Crippen molar-refractivity contribution in [2.75, 3.05) is 29.9 Å². The molecule has 0 atom stereocenters. The van der Waals surface area contributed by atoms with Crippen molar-refractivity contribution in [3.63, 3.8) is 0 Å². The summed E-state index contributed by atoms with van der Waals surface area (Å²) in [6, 6.07) is 16.6. The Morgan fingerprint density at radius 1 is 1.15 bits per heavy atom. The Morgan fingerprint density at radius 3 is 2.77 bits per heavy atom. The van der Waals surface area contributed by atoms with Gasteiger partial charge >= 0.3 is 0 Å². The van der Waals surface area contributed by atoms with E-state index in [9.17, 15) is 4.79 Å². The molecule has 198 valence electrons. The molecule has 3 N–H and O–H groups in total. The summed E-state index contributed by atoms with van der Waals surface area (Å²) in [5.41, 5.74) is 9.82. The summed E-state index contributed by atoms with van der Waals surface area (Å²) < 4.78 is 13.6. The molecule has 3 aromatic heterocycles. The van der Waals surface area contributed by atoms with Gasteiger partial charge in [-0.2, -0.15) is 10.1 Å². The number of anilines is 3. The first-order valence-corrected chi connectivity index (χ1v) is 12.8. The number of hydrogen-bond donors (Lipinski definition) is 2. The molecule has 1 fully saturated rings. The number of aryl methyl sites for hydroxylation is 2. The van der Waals surface area contributed by atoms with Crippen molar-refractivity contribution in [3.05, 3.63) is 84.1 Å². The zero-order valence-electron chi connectivity index (χ0n) is 21.4. The lowest BCUT2D eigenvalue weighted by molar-refractivity contribution is 0.0995. The highest BCUT2D eigenvalue weighted by Gasteiger charge is 2.33. The predicted octanol–water partition coefficient (Wildman–Crippen LogP) is 3.81. The molecule has 2 aromatic carbocycles. The molecule has 5 aromatic rings. The van der Waals surface area contributed by atoms with Gasteiger partial charge in [0.25, 0.3) is 11.9 Å². The normalized spacial score (nSPS) is 13.4. The zero-order chi connectivity index (χ0) is 26.8. The number of amides is 1. The van der Waals surface area contributed by atoms with Crippen LogP contribution in [0, 0.1) is 0 Å². The average molecular weight is 525 g/mol. The Morgan fingerprint density at radius 2 is 2.00 bits per heavy atom. The van der Waals surface area contributed by atoms with Crippen molar-refractivity contribution in [1.29, 1.82) is 0 Å². The summed E-state index contributed by atoms with van der Waals surface area (Å²) in [4.78, 5) is 27.7. The van der Waals surface area contributed by atoms with Gasteiger partial charge < -0.3 is 25.1 Å². The summed E-state index contributed by atoms with van der Waals surface area (Å²) in [5.74, 6) is 0.479. The number of carbonyl (C=O) groups is 1. The molecule has 6 rings (SSSR count). The summed E-state index contributed by atoms with van der Waals surface area (Å²) in [6.45, 7) is 1.90. The van der Waals surface area contributed by atoms with Gasteiger partial charge in [0.1, 0.15) is 11.3 Å². The average Bonchev–Trinajstić information content (AvgIpc) is 3.52. The smallest absolute Gasteiger partial charge is 0.298 e. The lowest BCUT2D eigenvalue weighted by Crippen LogP contribution is -2.45. The maximum atomic E-state index is 12.1. The molecule has 0 spiro atoms. The van der Waals surface area contributed by atoms with Gasteiger partial charge in [-0.3, -0.25) is 9.48 Å². The van der Waals surface area contributed by atoms with E-state index in [1.54, 1.807) is 30.3 Å². The van der Waals surface area contributed by atoms with E-state index >= 15 is 0 Å². The van der Waals surface area contributed by atoms with E-state index in [0.29, 0.717) is 48.5 Å². The minimum absolute atomic E-state index is 0.0709. The first-order valence-electron chi connectivity index (χ1n) is 12.8. The number of fused-ring (bicyclic) bond motifs is 1. The first-order chi connectivity index (χ1) is 19.0. The molecule has 11 heteroatoms. The van der Waals surface area contributed by atoms with Gasteiger partial charge in [0.15, 0.2) is 17.1 Å². The summed E-state index contributed by atoms with van der Waals surface area (Å²) >= 11 is 0. The van der Waals surface area contributed by atoms with Gasteiger partial charge in [-0.05, 0) is 30.5 Å². The maximum absolute atomic E-state index is 12.1. The van der Waals surface area contributed by atoms with Crippen molar-refractivity contribution in [2.24, 2.45) is 12.8 Å². The Hall–Kier alpha value is -4.93. The van der Waals surface area contributed by atoms with E-state index in [4.69, 9.17) is 14.9 Å². The third-order valence-corrected chi connectivity index (χ3v) is 6.63. The summed E-state index contributed by atoms with van der Waals surface area (Å²) in [7, 11) is 1.80. The van der Waals surface area contributed by atoms with E-state index in [1.165, 1.54) is 5.56 Å². The monoisotopic (exact) mass is 524 g/mol. The SMILES string of the molecule is Cn1cc(Nc2ncc(C3CN(c4nc5ccc(OCCCc6ccccc6)cc5o4)C3)nc2C(N)=O)cn1. The minimum atomic E-state index is -0.649. The Kier molecular flexibility index (Phi) is 6.54. The Bertz CT molecular complexity index is 1610. The lowest BCUT2D eigenvalue weighted by atomic mass is 9.97. The van der Waals surface area contributed by atoms with Gasteiger partial charge in [0.2, 0.25) is 0 Å². The minimum Gasteiger partial charge on any atom is -0.493 e. The third kappa shape index (κ3) is 5.37. The highest BCUT2D eigenvalue weighted by atomic mass is 16.5. The van der Waals surface area contributed by atoms with Gasteiger partial charge in [-0.25, -0.2) is 9.97 Å². The van der Waals surface area contributed by atoms with Crippen LogP contribution in [0.3, 0.4) is 0 Å². The number of hydrogen-bond acceptors (Lipinski definition) is 9. The number of nitrogens with zero attached hydrogens (tertiary/aromatic N) is 6. The second-order valence-electron chi connectivity index (χ2n) is 9.55. The molecule has 0 unspecified atom stereocenters. The number of carbonyl (C=O) groups excluding carboxylic acids is 1. The summed E-state index contributed by atoms with van der Waals surface area (Å²) in [6.07, 6.45) is 6.97. The van der Waals surface area contributed by atoms with Gasteiger partial charge in [-0.15, -0.1) is 0 Å². The topological polar surface area (TPSA) is 137 Å². The molecule has 1 saturated heterocycles. The number of oxazole rings is 1. The van der Waals surface area contributed by atoms with Crippen molar-refractivity contribution < 1.29 is 13.9 Å². The van der Waals surface area contributed by atoms with Crippen molar-refractivity contribution in [3.8, 4) is 5.75 Å². The zero-order valence-corrected chi connectivity index (χ0v) is 21.4. The second kappa shape index (κ2) is 10.4. The molecule has 1 aliphatic heterocycles. The lowest BCUT2D eigenvalue weighted by Gasteiger charge is -2.37. The maximum Gasteiger partial charge on any atom is 0.298 e. The molecule has 1 amide bonds. The van der Waals surface area contributed by atoms with Gasteiger partial charge in [-0.1, -0.05) is 30.3 Å². The van der Waals surface area contributed by atoms with Crippen LogP contribution < -0.4 is 20.7 Å². The molecule has 11 nitrogen and oxygen atoms in total. The van der Waals surface area contributed by atoms with Crippen LogP contribution in [0.5, 0.6) is 5.75 Å². The van der Waals surface area contributed by atoms with Gasteiger partial charge in [0, 0.05) is 38.3 Å². The van der Waals surface area contributed by atoms with Crippen LogP contribution in [0.15, 0.2) is 71.5 Å². The molecular formula is C28H28N8O3. The third-order valence-electron chi connectivity index (χ3n) is 6.63. The second-order valence-corrected chi connectivity index (χ2v) is 9.55. The highest BCUT2D eigenvalue weighted by molar-refractivity contribution is 5.96. The van der Waals surface area contributed by atoms with Crippen LogP contribution in [0.4, 0.5) is 17.5 Å². The van der Waals surface area contributed by atoms with Crippen molar-refractivity contribution >= 4 is 34.5 Å². The quantitative estimate of drug-likeness (QED) is 0.261. The van der Waals surface area contributed by atoms with E-state index < -0.39 is 5.91 Å². The number of nitrogens with two attached hydrogens (primary N) is 1. The van der Waals surface area contributed by atoms with Crippen LogP contribution >= 0.6 is 0 Å². The number of benzene rings is 2.